The molecular formula is C20H14FNO3. The highest BCUT2D eigenvalue weighted by Crippen LogP contribution is 2.18. The van der Waals surface area contributed by atoms with Crippen LogP contribution in [0.2, 0.25) is 0 Å². The number of nitrogens with one attached hydrogen (secondary N) is 1. The Morgan fingerprint density at radius 2 is 1.72 bits per heavy atom. The summed E-state index contributed by atoms with van der Waals surface area (Å²) >= 11 is 0. The van der Waals surface area contributed by atoms with Crippen LogP contribution in [0.5, 0.6) is 0 Å². The van der Waals surface area contributed by atoms with E-state index < -0.39 is 17.7 Å². The van der Waals surface area contributed by atoms with E-state index in [0.29, 0.717) is 0 Å². The average molecular weight is 335 g/mol. The molecule has 1 amide bonds. The first kappa shape index (κ1) is 16.4. The molecule has 0 bridgehead atoms. The summed E-state index contributed by atoms with van der Waals surface area (Å²) in [6, 6.07) is 16.8. The van der Waals surface area contributed by atoms with E-state index in [0.717, 1.165) is 28.5 Å². The number of anilines is 1. The summed E-state index contributed by atoms with van der Waals surface area (Å²) in [6.07, 6.45) is 2.94. The maximum Gasteiger partial charge on any atom is 0.337 e. The first-order chi connectivity index (χ1) is 12.0. The fourth-order valence-corrected chi connectivity index (χ4v) is 2.46. The van der Waals surface area contributed by atoms with Crippen molar-refractivity contribution < 1.29 is 19.1 Å². The summed E-state index contributed by atoms with van der Waals surface area (Å²) in [5, 5.41) is 13.7. The Morgan fingerprint density at radius 1 is 0.960 bits per heavy atom. The number of carboxylic acids is 1. The Bertz CT molecular complexity index is 995. The van der Waals surface area contributed by atoms with Crippen molar-refractivity contribution in [3.63, 3.8) is 0 Å². The molecule has 2 N–H and O–H groups in total. The molecule has 0 heterocycles. The third-order valence-electron chi connectivity index (χ3n) is 3.67. The van der Waals surface area contributed by atoms with E-state index in [1.165, 1.54) is 12.1 Å². The molecule has 0 aliphatic heterocycles. The van der Waals surface area contributed by atoms with Gasteiger partial charge in [-0.05, 0) is 46.7 Å². The van der Waals surface area contributed by atoms with E-state index >= 15 is 0 Å². The van der Waals surface area contributed by atoms with Crippen LogP contribution in [0.3, 0.4) is 0 Å². The van der Waals surface area contributed by atoms with Gasteiger partial charge in [-0.2, -0.15) is 0 Å². The minimum atomic E-state index is -1.31. The van der Waals surface area contributed by atoms with Crippen LogP contribution in [0.1, 0.15) is 15.9 Å². The molecule has 4 nitrogen and oxygen atoms in total. The summed E-state index contributed by atoms with van der Waals surface area (Å²) in [7, 11) is 0. The minimum Gasteiger partial charge on any atom is -0.478 e. The minimum absolute atomic E-state index is 0.0436. The molecule has 3 rings (SSSR count). The number of rotatable bonds is 4. The van der Waals surface area contributed by atoms with Crippen molar-refractivity contribution in [3.05, 3.63) is 83.7 Å². The zero-order chi connectivity index (χ0) is 17.8. The predicted molar refractivity (Wildman–Crippen MR) is 95.0 cm³/mol. The molecule has 0 atom stereocenters. The summed E-state index contributed by atoms with van der Waals surface area (Å²) in [4.78, 5) is 23.1. The van der Waals surface area contributed by atoms with E-state index in [1.807, 2.05) is 42.5 Å². The van der Waals surface area contributed by atoms with Crippen LogP contribution in [0.4, 0.5) is 10.1 Å². The first-order valence-corrected chi connectivity index (χ1v) is 7.53. The zero-order valence-corrected chi connectivity index (χ0v) is 13.1. The van der Waals surface area contributed by atoms with Crippen molar-refractivity contribution in [1.82, 2.24) is 0 Å². The Hall–Kier alpha value is -3.47. The lowest BCUT2D eigenvalue weighted by atomic mass is 10.1. The van der Waals surface area contributed by atoms with Crippen LogP contribution in [-0.4, -0.2) is 17.0 Å². The maximum absolute atomic E-state index is 13.2. The molecule has 0 radical (unpaired) electrons. The number of amides is 1. The molecule has 3 aromatic carbocycles. The number of carbonyl (C=O) groups is 2. The van der Waals surface area contributed by atoms with Crippen molar-refractivity contribution in [3.8, 4) is 0 Å². The molecule has 0 aliphatic carbocycles. The topological polar surface area (TPSA) is 66.4 Å². The zero-order valence-electron chi connectivity index (χ0n) is 13.1. The summed E-state index contributed by atoms with van der Waals surface area (Å²) in [5.74, 6) is -2.49. The molecule has 3 aromatic rings. The van der Waals surface area contributed by atoms with Gasteiger partial charge >= 0.3 is 5.97 Å². The largest absolute Gasteiger partial charge is 0.478 e. The van der Waals surface area contributed by atoms with E-state index in [1.54, 1.807) is 6.08 Å². The number of fused-ring (bicyclic) bond motifs is 1. The van der Waals surface area contributed by atoms with Gasteiger partial charge in [-0.15, -0.1) is 0 Å². The Balaban J connectivity index is 1.77. The van der Waals surface area contributed by atoms with Gasteiger partial charge in [0.2, 0.25) is 5.91 Å². The number of halogens is 1. The van der Waals surface area contributed by atoms with Gasteiger partial charge < -0.3 is 10.4 Å². The maximum atomic E-state index is 13.2. The normalized spacial score (nSPS) is 10.9. The van der Waals surface area contributed by atoms with Crippen LogP contribution in [-0.2, 0) is 4.79 Å². The lowest BCUT2D eigenvalue weighted by Crippen LogP contribution is -2.12. The fraction of sp³-hybridized carbons (Fsp3) is 0. The van der Waals surface area contributed by atoms with Gasteiger partial charge in [0.25, 0.3) is 0 Å². The number of carbonyl (C=O) groups excluding carboxylic acids is 1. The number of aromatic carboxylic acids is 1. The van der Waals surface area contributed by atoms with Crippen molar-refractivity contribution in [2.24, 2.45) is 0 Å². The molecule has 25 heavy (non-hydrogen) atoms. The lowest BCUT2D eigenvalue weighted by Gasteiger charge is -2.06. The molecule has 0 saturated heterocycles. The summed E-state index contributed by atoms with van der Waals surface area (Å²) < 4.78 is 13.2. The fourth-order valence-electron chi connectivity index (χ4n) is 2.46. The third kappa shape index (κ3) is 3.90. The monoisotopic (exact) mass is 335 g/mol. The van der Waals surface area contributed by atoms with E-state index in [4.69, 9.17) is 5.11 Å². The predicted octanol–water partition coefficient (Wildman–Crippen LogP) is 4.33. The SMILES string of the molecule is O=C(C=Cc1ccc2ccccc2c1)Nc1ccc(F)cc1C(=O)O. The van der Waals surface area contributed by atoms with Gasteiger partial charge in [-0.25, -0.2) is 9.18 Å². The quantitative estimate of drug-likeness (QED) is 0.698. The molecule has 0 fully saturated rings. The molecule has 0 unspecified atom stereocenters. The Kier molecular flexibility index (Phi) is 4.57. The third-order valence-corrected chi connectivity index (χ3v) is 3.67. The summed E-state index contributed by atoms with van der Waals surface area (Å²) in [5.41, 5.74) is 0.584. The Morgan fingerprint density at radius 3 is 2.48 bits per heavy atom. The standard InChI is InChI=1S/C20H14FNO3/c21-16-8-9-18(17(12-16)20(24)25)22-19(23)10-6-13-5-7-14-3-1-2-4-15(14)11-13/h1-12H,(H,22,23)(H,24,25). The van der Waals surface area contributed by atoms with Crippen molar-refractivity contribution in [1.29, 1.82) is 0 Å². The Labute approximate surface area is 143 Å². The lowest BCUT2D eigenvalue weighted by molar-refractivity contribution is -0.111. The van der Waals surface area contributed by atoms with Gasteiger partial charge in [-0.3, -0.25) is 4.79 Å². The van der Waals surface area contributed by atoms with Gasteiger partial charge in [0.1, 0.15) is 5.82 Å². The van der Waals surface area contributed by atoms with Crippen LogP contribution in [0.25, 0.3) is 16.8 Å². The summed E-state index contributed by atoms with van der Waals surface area (Å²) in [6.45, 7) is 0. The molecule has 0 aliphatic rings. The highest BCUT2D eigenvalue weighted by atomic mass is 19.1. The second kappa shape index (κ2) is 6.97. The molecule has 5 heteroatoms. The van der Waals surface area contributed by atoms with Gasteiger partial charge in [-0.1, -0.05) is 36.4 Å². The first-order valence-electron chi connectivity index (χ1n) is 7.53. The second-order valence-electron chi connectivity index (χ2n) is 5.42. The number of carboxylic acid groups (broad SMARTS) is 1. The second-order valence-corrected chi connectivity index (χ2v) is 5.42. The van der Waals surface area contributed by atoms with Gasteiger partial charge in [0, 0.05) is 6.08 Å². The number of hydrogen-bond acceptors (Lipinski definition) is 2. The van der Waals surface area contributed by atoms with E-state index in [2.05, 4.69) is 5.32 Å². The van der Waals surface area contributed by atoms with E-state index in [-0.39, 0.29) is 11.3 Å². The van der Waals surface area contributed by atoms with Crippen molar-refractivity contribution in [2.75, 3.05) is 5.32 Å². The van der Waals surface area contributed by atoms with E-state index in [9.17, 15) is 14.0 Å². The van der Waals surface area contributed by atoms with Gasteiger partial charge in [0.15, 0.2) is 0 Å². The molecule has 0 aromatic heterocycles. The van der Waals surface area contributed by atoms with Gasteiger partial charge in [0.05, 0.1) is 11.3 Å². The highest BCUT2D eigenvalue weighted by Gasteiger charge is 2.12. The molecule has 0 spiro atoms. The molecule has 0 saturated carbocycles. The molecular weight excluding hydrogens is 321 g/mol. The molecule has 124 valence electrons. The van der Waals surface area contributed by atoms with Crippen molar-refractivity contribution in [2.45, 2.75) is 0 Å². The van der Waals surface area contributed by atoms with Crippen molar-refractivity contribution >= 4 is 34.4 Å². The van der Waals surface area contributed by atoms with Crippen LogP contribution in [0, 0.1) is 5.82 Å². The van der Waals surface area contributed by atoms with Crippen LogP contribution < -0.4 is 5.32 Å². The van der Waals surface area contributed by atoms with Crippen LogP contribution >= 0.6 is 0 Å². The number of benzene rings is 3. The smallest absolute Gasteiger partial charge is 0.337 e. The number of hydrogen-bond donors (Lipinski definition) is 2. The average Bonchev–Trinajstić information content (AvgIpc) is 2.61. The highest BCUT2D eigenvalue weighted by molar-refractivity contribution is 6.06. The van der Waals surface area contributed by atoms with Crippen LogP contribution in [0.15, 0.2) is 66.7 Å².